The second-order valence-electron chi connectivity index (χ2n) is 5.51. The Bertz CT molecular complexity index is 621. The van der Waals surface area contributed by atoms with Gasteiger partial charge in [0, 0.05) is 0 Å². The molecule has 2 atom stereocenters. The van der Waals surface area contributed by atoms with Gasteiger partial charge in [0.2, 0.25) is 9.70 Å². The van der Waals surface area contributed by atoms with Crippen molar-refractivity contribution in [3.63, 3.8) is 0 Å². The first kappa shape index (κ1) is 22.4. The number of halogens is 7. The van der Waals surface area contributed by atoms with Crippen molar-refractivity contribution < 1.29 is 23.1 Å². The number of rotatable bonds is 5. The number of hydrogen-bond acceptors (Lipinski definition) is 3. The van der Waals surface area contributed by atoms with Crippen LogP contribution in [0.5, 0.6) is 0 Å². The Morgan fingerprint density at radius 1 is 1.20 bits per heavy atom. The molecule has 0 radical (unpaired) electrons. The van der Waals surface area contributed by atoms with Gasteiger partial charge in [0.1, 0.15) is 6.04 Å². The predicted octanol–water partition coefficient (Wildman–Crippen LogP) is 4.60. The second-order valence-corrected chi connectivity index (χ2v) is 8.29. The van der Waals surface area contributed by atoms with E-state index in [1.165, 1.54) is 0 Å². The molecule has 0 fully saturated rings. The number of amides is 1. The van der Waals surface area contributed by atoms with Gasteiger partial charge in [-0.25, -0.2) is 0 Å². The Kier molecular flexibility index (Phi) is 7.53. The van der Waals surface area contributed by atoms with E-state index < -0.39 is 33.7 Å². The third kappa shape index (κ3) is 6.57. The number of carbonyl (C=O) groups is 1. The molecule has 0 saturated carbocycles. The summed E-state index contributed by atoms with van der Waals surface area (Å²) >= 11 is 22.3. The van der Waals surface area contributed by atoms with Gasteiger partial charge in [-0.2, -0.15) is 13.2 Å². The van der Waals surface area contributed by atoms with E-state index in [1.54, 1.807) is 13.8 Å². The minimum atomic E-state index is -4.54. The summed E-state index contributed by atoms with van der Waals surface area (Å²) in [6.07, 6.45) is -6.30. The van der Waals surface area contributed by atoms with Crippen molar-refractivity contribution in [2.45, 2.75) is 36.1 Å². The highest BCUT2D eigenvalue weighted by Gasteiger charge is 2.35. The number of alkyl halides is 6. The summed E-state index contributed by atoms with van der Waals surface area (Å²) in [5.74, 6) is -1.04. The Labute approximate surface area is 162 Å². The van der Waals surface area contributed by atoms with Crippen molar-refractivity contribution in [1.82, 2.24) is 5.32 Å². The Morgan fingerprint density at radius 2 is 1.76 bits per heavy atom. The fourth-order valence-electron chi connectivity index (χ4n) is 1.82. The van der Waals surface area contributed by atoms with Gasteiger partial charge in [-0.3, -0.25) is 4.79 Å². The third-order valence-corrected chi connectivity index (χ3v) is 4.08. The monoisotopic (exact) mass is 440 g/mol. The van der Waals surface area contributed by atoms with Crippen molar-refractivity contribution in [3.8, 4) is 0 Å². The number of aliphatic hydroxyl groups excluding tert-OH is 1. The minimum Gasteiger partial charge on any atom is -0.372 e. The first-order valence-electron chi connectivity index (χ1n) is 6.92. The molecule has 0 aromatic heterocycles. The summed E-state index contributed by atoms with van der Waals surface area (Å²) in [6.45, 7) is 3.36. The topological polar surface area (TPSA) is 61.4 Å². The van der Waals surface area contributed by atoms with E-state index in [2.05, 4.69) is 10.6 Å². The molecule has 0 spiro atoms. The quantitative estimate of drug-likeness (QED) is 0.462. The molecule has 3 N–H and O–H groups in total. The van der Waals surface area contributed by atoms with E-state index in [0.29, 0.717) is 0 Å². The van der Waals surface area contributed by atoms with Crippen molar-refractivity contribution in [1.29, 1.82) is 0 Å². The van der Waals surface area contributed by atoms with Crippen LogP contribution in [-0.2, 0) is 11.0 Å². The number of nitrogens with one attached hydrogen (secondary N) is 2. The highest BCUT2D eigenvalue weighted by Crippen LogP contribution is 2.34. The van der Waals surface area contributed by atoms with Gasteiger partial charge in [-0.1, -0.05) is 60.3 Å². The largest absolute Gasteiger partial charge is 0.416 e. The SMILES string of the molecule is CC(C)[C@@H](Nc1ccc(C(F)(F)F)cc1Cl)C(=O)N[C@H](O)C(Cl)(Cl)Cl. The van der Waals surface area contributed by atoms with Gasteiger partial charge >= 0.3 is 6.18 Å². The molecule has 4 nitrogen and oxygen atoms in total. The minimum absolute atomic E-state index is 0.117. The molecule has 1 amide bonds. The summed E-state index contributed by atoms with van der Waals surface area (Å²) in [6, 6.07) is 1.74. The van der Waals surface area contributed by atoms with Crippen LogP contribution in [-0.4, -0.2) is 27.1 Å². The van der Waals surface area contributed by atoms with Crippen molar-refractivity contribution in [2.24, 2.45) is 5.92 Å². The van der Waals surface area contributed by atoms with Crippen molar-refractivity contribution in [3.05, 3.63) is 28.8 Å². The molecule has 1 aromatic rings. The zero-order valence-electron chi connectivity index (χ0n) is 13.0. The molecule has 25 heavy (non-hydrogen) atoms. The first-order chi connectivity index (χ1) is 11.2. The first-order valence-corrected chi connectivity index (χ1v) is 8.43. The van der Waals surface area contributed by atoms with Crippen LogP contribution in [0, 0.1) is 5.92 Å². The van der Waals surface area contributed by atoms with Gasteiger partial charge in [0.25, 0.3) is 0 Å². The fraction of sp³-hybridized carbons (Fsp3) is 0.500. The van der Waals surface area contributed by atoms with Crippen LogP contribution >= 0.6 is 46.4 Å². The zero-order chi connectivity index (χ0) is 19.6. The predicted molar refractivity (Wildman–Crippen MR) is 93.1 cm³/mol. The van der Waals surface area contributed by atoms with E-state index >= 15 is 0 Å². The van der Waals surface area contributed by atoms with E-state index in [9.17, 15) is 23.1 Å². The number of benzene rings is 1. The van der Waals surface area contributed by atoms with E-state index in [1.807, 2.05) is 0 Å². The number of hydrogen-bond donors (Lipinski definition) is 3. The summed E-state index contributed by atoms with van der Waals surface area (Å²) in [4.78, 5) is 12.3. The molecule has 1 aromatic carbocycles. The molecule has 0 aliphatic heterocycles. The molecule has 0 saturated heterocycles. The van der Waals surface area contributed by atoms with Gasteiger partial charge in [-0.15, -0.1) is 0 Å². The lowest BCUT2D eigenvalue weighted by atomic mass is 10.0. The fourth-order valence-corrected chi connectivity index (χ4v) is 2.22. The van der Waals surface area contributed by atoms with E-state index in [0.717, 1.165) is 18.2 Å². The Hall–Kier alpha value is -0.600. The molecule has 142 valence electrons. The van der Waals surface area contributed by atoms with Crippen LogP contribution in [0.2, 0.25) is 5.02 Å². The summed E-state index contributed by atoms with van der Waals surface area (Å²) in [7, 11) is 0. The summed E-state index contributed by atoms with van der Waals surface area (Å²) < 4.78 is 35.9. The second kappa shape index (κ2) is 8.39. The van der Waals surface area contributed by atoms with Gasteiger partial charge in [0.15, 0.2) is 6.23 Å². The molecular formula is C14H15Cl4F3N2O2. The zero-order valence-corrected chi connectivity index (χ0v) is 16.0. The van der Waals surface area contributed by atoms with Crippen LogP contribution in [0.1, 0.15) is 19.4 Å². The van der Waals surface area contributed by atoms with Crippen LogP contribution in [0.15, 0.2) is 18.2 Å². The lowest BCUT2D eigenvalue weighted by Crippen LogP contribution is -2.51. The Morgan fingerprint density at radius 3 is 2.16 bits per heavy atom. The standard InChI is InChI=1S/C14H15Cl4F3N2O2/c1-6(2)10(11(24)23-12(25)13(16,17)18)22-9-4-3-7(5-8(9)15)14(19,20)21/h3-6,10,12,22,25H,1-2H3,(H,23,24)/t10-,12-/m1/s1. The van der Waals surface area contributed by atoms with Gasteiger partial charge in [0.05, 0.1) is 16.3 Å². The van der Waals surface area contributed by atoms with Crippen molar-refractivity contribution in [2.75, 3.05) is 5.32 Å². The molecule has 11 heteroatoms. The van der Waals surface area contributed by atoms with Crippen LogP contribution in [0.4, 0.5) is 18.9 Å². The molecule has 0 heterocycles. The molecule has 0 unspecified atom stereocenters. The third-order valence-electron chi connectivity index (χ3n) is 3.15. The van der Waals surface area contributed by atoms with Crippen LogP contribution < -0.4 is 10.6 Å². The van der Waals surface area contributed by atoms with Gasteiger partial charge in [-0.05, 0) is 24.1 Å². The smallest absolute Gasteiger partial charge is 0.372 e. The maximum Gasteiger partial charge on any atom is 0.416 e. The average molecular weight is 442 g/mol. The maximum atomic E-state index is 12.7. The van der Waals surface area contributed by atoms with Crippen molar-refractivity contribution >= 4 is 58.0 Å². The van der Waals surface area contributed by atoms with Crippen LogP contribution in [0.3, 0.4) is 0 Å². The number of carbonyl (C=O) groups excluding carboxylic acids is 1. The van der Waals surface area contributed by atoms with Gasteiger partial charge < -0.3 is 15.7 Å². The van der Waals surface area contributed by atoms with E-state index in [-0.39, 0.29) is 16.6 Å². The average Bonchev–Trinajstić information content (AvgIpc) is 2.43. The molecule has 0 aliphatic rings. The molecule has 1 rings (SSSR count). The summed E-state index contributed by atoms with van der Waals surface area (Å²) in [5, 5.41) is 14.3. The highest BCUT2D eigenvalue weighted by atomic mass is 35.6. The number of anilines is 1. The van der Waals surface area contributed by atoms with Crippen LogP contribution in [0.25, 0.3) is 0 Å². The highest BCUT2D eigenvalue weighted by molar-refractivity contribution is 6.68. The molecule has 0 aliphatic carbocycles. The normalized spacial score (nSPS) is 15.0. The maximum absolute atomic E-state index is 12.7. The van der Waals surface area contributed by atoms with E-state index in [4.69, 9.17) is 46.4 Å². The number of aliphatic hydroxyl groups is 1. The lowest BCUT2D eigenvalue weighted by Gasteiger charge is -2.27. The lowest BCUT2D eigenvalue weighted by molar-refractivity contribution is -0.137. The summed E-state index contributed by atoms with van der Waals surface area (Å²) in [5.41, 5.74) is -0.799. The Balaban J connectivity index is 2.97. The molecule has 0 bridgehead atoms. The molecular weight excluding hydrogens is 427 g/mol.